The summed E-state index contributed by atoms with van der Waals surface area (Å²) in [4.78, 5) is 16.5. The van der Waals surface area contributed by atoms with Crippen LogP contribution in [0.2, 0.25) is 0 Å². The zero-order valence-electron chi connectivity index (χ0n) is 10.9. The monoisotopic (exact) mass is 235 g/mol. The van der Waals surface area contributed by atoms with Gasteiger partial charge in [0, 0.05) is 18.5 Å². The molecule has 1 rings (SSSR count). The number of ketones is 1. The Labute approximate surface area is 103 Å². The molecule has 0 radical (unpaired) electrons. The van der Waals surface area contributed by atoms with Crippen LogP contribution in [0.3, 0.4) is 0 Å². The van der Waals surface area contributed by atoms with Crippen molar-refractivity contribution in [1.29, 1.82) is 0 Å². The van der Waals surface area contributed by atoms with E-state index in [1.165, 1.54) is 0 Å². The van der Waals surface area contributed by atoms with Crippen molar-refractivity contribution in [2.24, 2.45) is 0 Å². The first-order valence-electron chi connectivity index (χ1n) is 6.25. The average molecular weight is 235 g/mol. The van der Waals surface area contributed by atoms with Crippen LogP contribution in [0.1, 0.15) is 39.3 Å². The Morgan fingerprint density at radius 3 is 2.47 bits per heavy atom. The van der Waals surface area contributed by atoms with E-state index < -0.39 is 5.60 Å². The van der Waals surface area contributed by atoms with Gasteiger partial charge >= 0.3 is 0 Å². The summed E-state index contributed by atoms with van der Waals surface area (Å²) in [6, 6.07) is 5.62. The Bertz CT molecular complexity index is 344. The lowest BCUT2D eigenvalue weighted by atomic mass is 9.89. The van der Waals surface area contributed by atoms with Gasteiger partial charge in [0.15, 0.2) is 5.78 Å². The van der Waals surface area contributed by atoms with Gasteiger partial charge in [0.25, 0.3) is 0 Å². The van der Waals surface area contributed by atoms with Gasteiger partial charge in [-0.15, -0.1) is 0 Å². The minimum Gasteiger partial charge on any atom is -0.368 e. The number of ether oxygens (including phenoxy) is 1. The normalized spacial score (nSPS) is 11.5. The maximum absolute atomic E-state index is 12.3. The number of carbonyl (C=O) groups excluding carboxylic acids is 1. The highest BCUT2D eigenvalue weighted by molar-refractivity contribution is 5.88. The summed E-state index contributed by atoms with van der Waals surface area (Å²) in [6.45, 7) is 6.48. The van der Waals surface area contributed by atoms with Crippen LogP contribution in [0.25, 0.3) is 0 Å². The lowest BCUT2D eigenvalue weighted by Crippen LogP contribution is -2.41. The average Bonchev–Trinajstić information content (AvgIpc) is 2.37. The van der Waals surface area contributed by atoms with Crippen molar-refractivity contribution in [3.8, 4) is 0 Å². The van der Waals surface area contributed by atoms with Crippen molar-refractivity contribution >= 4 is 5.78 Å². The van der Waals surface area contributed by atoms with E-state index in [4.69, 9.17) is 4.74 Å². The van der Waals surface area contributed by atoms with Gasteiger partial charge in [0.05, 0.1) is 6.42 Å². The molecule has 0 bridgehead atoms. The Balaban J connectivity index is 2.79. The van der Waals surface area contributed by atoms with Crippen molar-refractivity contribution in [2.75, 3.05) is 6.61 Å². The summed E-state index contributed by atoms with van der Waals surface area (Å²) in [7, 11) is 0. The molecule has 0 amide bonds. The number of Topliss-reactive ketones (excluding diaryl/α,β-unsaturated/α-hetero) is 1. The molecule has 0 fully saturated rings. The Kier molecular flexibility index (Phi) is 5.29. The van der Waals surface area contributed by atoms with Crippen molar-refractivity contribution in [1.82, 2.24) is 4.98 Å². The van der Waals surface area contributed by atoms with Gasteiger partial charge < -0.3 is 4.74 Å². The van der Waals surface area contributed by atoms with E-state index >= 15 is 0 Å². The summed E-state index contributed by atoms with van der Waals surface area (Å²) in [5.41, 5.74) is 0.176. The predicted octanol–water partition coefficient (Wildman–Crippen LogP) is 2.79. The lowest BCUT2D eigenvalue weighted by molar-refractivity contribution is -0.144. The van der Waals surface area contributed by atoms with E-state index in [-0.39, 0.29) is 5.78 Å². The summed E-state index contributed by atoms with van der Waals surface area (Å²) in [5.74, 6) is 0.128. The molecule has 0 spiro atoms. The highest BCUT2D eigenvalue weighted by Crippen LogP contribution is 2.23. The summed E-state index contributed by atoms with van der Waals surface area (Å²) < 4.78 is 5.68. The minimum atomic E-state index is -0.633. The molecule has 1 aromatic heterocycles. The molecule has 0 atom stereocenters. The van der Waals surface area contributed by atoms with Crippen LogP contribution in [0.4, 0.5) is 0 Å². The van der Waals surface area contributed by atoms with Crippen LogP contribution >= 0.6 is 0 Å². The van der Waals surface area contributed by atoms with E-state index in [1.807, 2.05) is 39.0 Å². The van der Waals surface area contributed by atoms with Gasteiger partial charge in [-0.25, -0.2) is 0 Å². The van der Waals surface area contributed by atoms with Gasteiger partial charge in [-0.2, -0.15) is 0 Å². The fourth-order valence-electron chi connectivity index (χ4n) is 2.03. The highest BCUT2D eigenvalue weighted by atomic mass is 16.5. The first kappa shape index (κ1) is 13.8. The molecule has 3 nitrogen and oxygen atoms in total. The number of hydrogen-bond donors (Lipinski definition) is 0. The topological polar surface area (TPSA) is 39.2 Å². The minimum absolute atomic E-state index is 0.128. The van der Waals surface area contributed by atoms with E-state index in [0.717, 1.165) is 5.69 Å². The fourth-order valence-corrected chi connectivity index (χ4v) is 2.03. The molecule has 0 aliphatic heterocycles. The first-order valence-corrected chi connectivity index (χ1v) is 6.25. The molecular weight excluding hydrogens is 214 g/mol. The van der Waals surface area contributed by atoms with Gasteiger partial charge in [0.1, 0.15) is 5.60 Å². The molecule has 0 unspecified atom stereocenters. The molecule has 94 valence electrons. The van der Waals surface area contributed by atoms with Crippen molar-refractivity contribution in [3.05, 3.63) is 30.1 Å². The van der Waals surface area contributed by atoms with Crippen LogP contribution in [-0.2, 0) is 16.0 Å². The largest absolute Gasteiger partial charge is 0.368 e. The number of carbonyl (C=O) groups is 1. The number of nitrogens with zero attached hydrogens (tertiary/aromatic N) is 1. The van der Waals surface area contributed by atoms with Crippen molar-refractivity contribution in [2.45, 2.75) is 45.6 Å². The molecule has 0 aliphatic carbocycles. The van der Waals surface area contributed by atoms with Crippen LogP contribution in [0, 0.1) is 0 Å². The van der Waals surface area contributed by atoms with Crippen LogP contribution in [0.15, 0.2) is 24.4 Å². The fraction of sp³-hybridized carbons (Fsp3) is 0.571. The van der Waals surface area contributed by atoms with Crippen molar-refractivity contribution < 1.29 is 9.53 Å². The SMILES string of the molecule is CCOC(CC)(CC)C(=O)Cc1ccccn1. The molecule has 0 saturated heterocycles. The third-order valence-corrected chi connectivity index (χ3v) is 3.14. The summed E-state index contributed by atoms with van der Waals surface area (Å²) in [6.07, 6.45) is 3.48. The summed E-state index contributed by atoms with van der Waals surface area (Å²) >= 11 is 0. The zero-order valence-corrected chi connectivity index (χ0v) is 10.9. The Hall–Kier alpha value is -1.22. The maximum Gasteiger partial charge on any atom is 0.170 e. The molecule has 17 heavy (non-hydrogen) atoms. The number of pyridine rings is 1. The molecule has 0 saturated carbocycles. The second-order valence-corrected chi connectivity index (χ2v) is 4.06. The zero-order chi connectivity index (χ0) is 12.7. The van der Waals surface area contributed by atoms with E-state index in [2.05, 4.69) is 4.98 Å². The number of rotatable bonds is 7. The van der Waals surface area contributed by atoms with Gasteiger partial charge in [-0.1, -0.05) is 19.9 Å². The van der Waals surface area contributed by atoms with E-state index in [9.17, 15) is 4.79 Å². The lowest BCUT2D eigenvalue weighted by Gasteiger charge is -2.29. The van der Waals surface area contributed by atoms with Crippen LogP contribution < -0.4 is 0 Å². The third kappa shape index (κ3) is 3.37. The predicted molar refractivity (Wildman–Crippen MR) is 67.9 cm³/mol. The molecule has 0 N–H and O–H groups in total. The maximum atomic E-state index is 12.3. The van der Waals surface area contributed by atoms with Gasteiger partial charge in [-0.05, 0) is 31.9 Å². The number of aromatic nitrogens is 1. The standard InChI is InChI=1S/C14H21NO2/c1-4-14(5-2,17-6-3)13(16)11-12-9-7-8-10-15-12/h7-10H,4-6,11H2,1-3H3. The molecule has 0 aliphatic rings. The second-order valence-electron chi connectivity index (χ2n) is 4.06. The van der Waals surface area contributed by atoms with Crippen LogP contribution in [-0.4, -0.2) is 23.0 Å². The summed E-state index contributed by atoms with van der Waals surface area (Å²) in [5, 5.41) is 0. The third-order valence-electron chi connectivity index (χ3n) is 3.14. The molecule has 0 aromatic carbocycles. The molecule has 3 heteroatoms. The van der Waals surface area contributed by atoms with E-state index in [1.54, 1.807) is 6.20 Å². The molecule has 1 heterocycles. The first-order chi connectivity index (χ1) is 8.18. The highest BCUT2D eigenvalue weighted by Gasteiger charge is 2.35. The number of hydrogen-bond acceptors (Lipinski definition) is 3. The Morgan fingerprint density at radius 1 is 1.29 bits per heavy atom. The quantitative estimate of drug-likeness (QED) is 0.729. The second kappa shape index (κ2) is 6.50. The van der Waals surface area contributed by atoms with Crippen LogP contribution in [0.5, 0.6) is 0 Å². The molecule has 1 aromatic rings. The van der Waals surface area contributed by atoms with Gasteiger partial charge in [0.2, 0.25) is 0 Å². The van der Waals surface area contributed by atoms with Gasteiger partial charge in [-0.3, -0.25) is 9.78 Å². The van der Waals surface area contributed by atoms with E-state index in [0.29, 0.717) is 25.9 Å². The Morgan fingerprint density at radius 2 is 2.00 bits per heavy atom. The van der Waals surface area contributed by atoms with Crippen molar-refractivity contribution in [3.63, 3.8) is 0 Å². The smallest absolute Gasteiger partial charge is 0.170 e. The molecular formula is C14H21NO2.